The van der Waals surface area contributed by atoms with Crippen LogP contribution in [0.15, 0.2) is 30.5 Å². The van der Waals surface area contributed by atoms with Gasteiger partial charge in [0.15, 0.2) is 0 Å². The van der Waals surface area contributed by atoms with Gasteiger partial charge in [0, 0.05) is 5.69 Å². The van der Waals surface area contributed by atoms with Crippen molar-refractivity contribution in [2.75, 3.05) is 6.54 Å². The molecule has 0 aliphatic heterocycles. The third-order valence-corrected chi connectivity index (χ3v) is 3.63. The van der Waals surface area contributed by atoms with Gasteiger partial charge in [0.25, 0.3) is 0 Å². The molecular formula is C14H17N3. The number of benzene rings is 1. The Bertz CT molecular complexity index is 525. The van der Waals surface area contributed by atoms with Crippen LogP contribution in [0.4, 0.5) is 0 Å². The number of hydrogen-bond acceptors (Lipinski definition) is 2. The molecule has 1 heterocycles. The highest BCUT2D eigenvalue weighted by molar-refractivity contribution is 5.39. The van der Waals surface area contributed by atoms with Gasteiger partial charge >= 0.3 is 0 Å². The predicted octanol–water partition coefficient (Wildman–Crippen LogP) is 2.17. The van der Waals surface area contributed by atoms with Crippen molar-refractivity contribution in [3.05, 3.63) is 47.3 Å². The van der Waals surface area contributed by atoms with E-state index in [2.05, 4.69) is 41.0 Å². The number of nitrogens with two attached hydrogens (primary N) is 1. The van der Waals surface area contributed by atoms with E-state index in [-0.39, 0.29) is 0 Å². The molecule has 0 amide bonds. The van der Waals surface area contributed by atoms with E-state index in [0.29, 0.717) is 5.92 Å². The molecule has 1 aromatic carbocycles. The summed E-state index contributed by atoms with van der Waals surface area (Å²) in [5.74, 6) is 0.504. The molecule has 88 valence electrons. The van der Waals surface area contributed by atoms with Crippen LogP contribution in [0, 0.1) is 6.92 Å². The normalized spacial score (nSPS) is 18.4. The zero-order chi connectivity index (χ0) is 11.8. The van der Waals surface area contributed by atoms with Crippen LogP contribution in [0.25, 0.3) is 5.69 Å². The van der Waals surface area contributed by atoms with Crippen LogP contribution in [-0.4, -0.2) is 16.3 Å². The molecule has 3 heteroatoms. The quantitative estimate of drug-likeness (QED) is 0.854. The Hall–Kier alpha value is -1.61. The Morgan fingerprint density at radius 1 is 1.35 bits per heavy atom. The topological polar surface area (TPSA) is 43.8 Å². The van der Waals surface area contributed by atoms with Gasteiger partial charge in [0.2, 0.25) is 0 Å². The Kier molecular flexibility index (Phi) is 2.48. The third-order valence-electron chi connectivity index (χ3n) is 3.63. The van der Waals surface area contributed by atoms with E-state index in [1.165, 1.54) is 16.8 Å². The molecule has 1 aliphatic rings. The minimum Gasteiger partial charge on any atom is -0.330 e. The number of nitrogens with zero attached hydrogens (tertiary/aromatic N) is 2. The Morgan fingerprint density at radius 2 is 2.12 bits per heavy atom. The number of hydrogen-bond donors (Lipinski definition) is 1. The summed E-state index contributed by atoms with van der Waals surface area (Å²) in [6.07, 6.45) is 4.24. The molecule has 3 rings (SSSR count). The molecule has 0 fully saturated rings. The first kappa shape index (κ1) is 10.5. The van der Waals surface area contributed by atoms with Crippen LogP contribution < -0.4 is 5.73 Å². The molecule has 0 saturated heterocycles. The van der Waals surface area contributed by atoms with E-state index in [1.54, 1.807) is 0 Å². The van der Waals surface area contributed by atoms with Crippen LogP contribution in [-0.2, 0) is 6.42 Å². The van der Waals surface area contributed by atoms with Crippen molar-refractivity contribution in [3.8, 4) is 5.69 Å². The number of fused-ring (bicyclic) bond motifs is 1. The first-order chi connectivity index (χ1) is 8.29. The summed E-state index contributed by atoms with van der Waals surface area (Å²) >= 11 is 0. The fourth-order valence-corrected chi connectivity index (χ4v) is 2.60. The lowest BCUT2D eigenvalue weighted by Crippen LogP contribution is -2.08. The molecule has 1 atom stereocenters. The van der Waals surface area contributed by atoms with Crippen molar-refractivity contribution in [3.63, 3.8) is 0 Å². The first-order valence-corrected chi connectivity index (χ1v) is 6.13. The van der Waals surface area contributed by atoms with Crippen molar-refractivity contribution >= 4 is 0 Å². The minimum absolute atomic E-state index is 0.504. The molecule has 2 N–H and O–H groups in total. The van der Waals surface area contributed by atoms with Gasteiger partial charge in [-0.05, 0) is 49.9 Å². The smallest absolute Gasteiger partial charge is 0.0649 e. The summed E-state index contributed by atoms with van der Waals surface area (Å²) in [5.41, 5.74) is 10.9. The second kappa shape index (κ2) is 4.00. The molecule has 2 aromatic rings. The molecule has 1 aliphatic carbocycles. The molecule has 0 radical (unpaired) electrons. The van der Waals surface area contributed by atoms with Gasteiger partial charge in [-0.3, -0.25) is 0 Å². The first-order valence-electron chi connectivity index (χ1n) is 6.13. The van der Waals surface area contributed by atoms with E-state index in [4.69, 9.17) is 5.73 Å². The fraction of sp³-hybridized carbons (Fsp3) is 0.357. The molecule has 0 spiro atoms. The Balaban J connectivity index is 2.03. The van der Waals surface area contributed by atoms with Crippen LogP contribution in [0.1, 0.15) is 29.2 Å². The second-order valence-electron chi connectivity index (χ2n) is 4.77. The molecule has 17 heavy (non-hydrogen) atoms. The third kappa shape index (κ3) is 1.67. The summed E-state index contributed by atoms with van der Waals surface area (Å²) in [6, 6.07) is 8.49. The fourth-order valence-electron chi connectivity index (χ4n) is 2.60. The largest absolute Gasteiger partial charge is 0.330 e. The molecule has 0 saturated carbocycles. The van der Waals surface area contributed by atoms with Crippen LogP contribution in [0.3, 0.4) is 0 Å². The average molecular weight is 227 g/mol. The molecular weight excluding hydrogens is 210 g/mol. The van der Waals surface area contributed by atoms with Crippen LogP contribution in [0.2, 0.25) is 0 Å². The summed E-state index contributed by atoms with van der Waals surface area (Å²) in [4.78, 5) is 0. The summed E-state index contributed by atoms with van der Waals surface area (Å²) in [5, 5.41) is 4.50. The number of rotatable bonds is 2. The maximum atomic E-state index is 5.78. The summed E-state index contributed by atoms with van der Waals surface area (Å²) < 4.78 is 2.06. The van der Waals surface area contributed by atoms with Crippen LogP contribution in [0.5, 0.6) is 0 Å². The lowest BCUT2D eigenvalue weighted by atomic mass is 10.1. The highest BCUT2D eigenvalue weighted by Gasteiger charge is 2.25. The van der Waals surface area contributed by atoms with Crippen molar-refractivity contribution < 1.29 is 0 Å². The SMILES string of the molecule is Cc1ccc(-n2ncc3c2CCC3CN)cc1. The van der Waals surface area contributed by atoms with Gasteiger partial charge in [-0.25, -0.2) is 4.68 Å². The van der Waals surface area contributed by atoms with Gasteiger partial charge in [-0.1, -0.05) is 17.7 Å². The van der Waals surface area contributed by atoms with Crippen molar-refractivity contribution in [2.24, 2.45) is 5.73 Å². The number of aryl methyl sites for hydroxylation is 1. The Labute approximate surface area is 101 Å². The molecule has 1 unspecified atom stereocenters. The Morgan fingerprint density at radius 3 is 2.82 bits per heavy atom. The lowest BCUT2D eigenvalue weighted by Gasteiger charge is -2.05. The molecule has 1 aromatic heterocycles. The van der Waals surface area contributed by atoms with E-state index in [9.17, 15) is 0 Å². The second-order valence-corrected chi connectivity index (χ2v) is 4.77. The van der Waals surface area contributed by atoms with Crippen molar-refractivity contribution in [1.29, 1.82) is 0 Å². The minimum atomic E-state index is 0.504. The maximum absolute atomic E-state index is 5.78. The summed E-state index contributed by atoms with van der Waals surface area (Å²) in [7, 11) is 0. The zero-order valence-corrected chi connectivity index (χ0v) is 10.1. The predicted molar refractivity (Wildman–Crippen MR) is 68.4 cm³/mol. The summed E-state index contributed by atoms with van der Waals surface area (Å²) in [6.45, 7) is 2.83. The van der Waals surface area contributed by atoms with Gasteiger partial charge in [0.1, 0.15) is 0 Å². The standard InChI is InChI=1S/C14H17N3/c1-10-2-5-12(6-3-10)17-14-7-4-11(8-15)13(14)9-16-17/h2-3,5-6,9,11H,4,7-8,15H2,1H3. The van der Waals surface area contributed by atoms with E-state index in [0.717, 1.165) is 25.1 Å². The van der Waals surface area contributed by atoms with E-state index >= 15 is 0 Å². The monoisotopic (exact) mass is 227 g/mol. The highest BCUT2D eigenvalue weighted by atomic mass is 15.3. The zero-order valence-electron chi connectivity index (χ0n) is 10.1. The van der Waals surface area contributed by atoms with Gasteiger partial charge < -0.3 is 5.73 Å². The van der Waals surface area contributed by atoms with Gasteiger partial charge in [-0.15, -0.1) is 0 Å². The maximum Gasteiger partial charge on any atom is 0.0649 e. The lowest BCUT2D eigenvalue weighted by molar-refractivity contribution is 0.673. The van der Waals surface area contributed by atoms with E-state index < -0.39 is 0 Å². The van der Waals surface area contributed by atoms with Crippen molar-refractivity contribution in [1.82, 2.24) is 9.78 Å². The van der Waals surface area contributed by atoms with Gasteiger partial charge in [-0.2, -0.15) is 5.10 Å². The van der Waals surface area contributed by atoms with E-state index in [1.807, 2.05) is 6.20 Å². The van der Waals surface area contributed by atoms with Crippen molar-refractivity contribution in [2.45, 2.75) is 25.7 Å². The molecule has 3 nitrogen and oxygen atoms in total. The van der Waals surface area contributed by atoms with Gasteiger partial charge in [0.05, 0.1) is 11.9 Å². The van der Waals surface area contributed by atoms with Crippen LogP contribution >= 0.6 is 0 Å². The highest BCUT2D eigenvalue weighted by Crippen LogP contribution is 2.33. The molecule has 0 bridgehead atoms. The average Bonchev–Trinajstić information content (AvgIpc) is 2.91. The number of aromatic nitrogens is 2.